The van der Waals surface area contributed by atoms with Crippen LogP contribution in [0.25, 0.3) is 0 Å². The highest BCUT2D eigenvalue weighted by Gasteiger charge is 2.22. The molecule has 0 aromatic heterocycles. The van der Waals surface area contributed by atoms with E-state index in [9.17, 15) is 0 Å². The average Bonchev–Trinajstić information content (AvgIpc) is 2.89. The summed E-state index contributed by atoms with van der Waals surface area (Å²) in [6.45, 7) is 8.84. The summed E-state index contributed by atoms with van der Waals surface area (Å²) in [5, 5.41) is 0. The Hall–Kier alpha value is -1.18. The fourth-order valence-electron chi connectivity index (χ4n) is 3.43. The molecule has 0 atom stereocenters. The van der Waals surface area contributed by atoms with Gasteiger partial charge in [0.2, 0.25) is 0 Å². The summed E-state index contributed by atoms with van der Waals surface area (Å²) in [6, 6.07) is 6.30. The van der Waals surface area contributed by atoms with Crippen molar-refractivity contribution in [2.75, 3.05) is 5.73 Å². The zero-order valence-electron chi connectivity index (χ0n) is 13.4. The van der Waals surface area contributed by atoms with Gasteiger partial charge >= 0.3 is 0 Å². The van der Waals surface area contributed by atoms with E-state index in [0.717, 1.165) is 11.4 Å². The molecule has 0 heterocycles. The molecule has 20 heavy (non-hydrogen) atoms. The summed E-state index contributed by atoms with van der Waals surface area (Å²) in [5.41, 5.74) is 8.47. The van der Waals surface area contributed by atoms with Crippen LogP contribution in [0.15, 0.2) is 18.2 Å². The van der Waals surface area contributed by atoms with Crippen LogP contribution in [0.5, 0.6) is 5.75 Å². The summed E-state index contributed by atoms with van der Waals surface area (Å²) in [6.07, 6.45) is 5.48. The molecule has 1 aromatic carbocycles. The highest BCUT2D eigenvalue weighted by molar-refractivity contribution is 5.53. The smallest absolute Gasteiger partial charge is 0.121 e. The lowest BCUT2D eigenvalue weighted by atomic mass is 9.95. The molecule has 0 aliphatic heterocycles. The van der Waals surface area contributed by atoms with Crippen molar-refractivity contribution in [2.45, 2.75) is 65.4 Å². The van der Waals surface area contributed by atoms with Crippen LogP contribution in [-0.4, -0.2) is 6.10 Å². The number of nitrogen functional groups attached to an aromatic ring is 1. The maximum absolute atomic E-state index is 6.25. The lowest BCUT2D eigenvalue weighted by molar-refractivity contribution is 0.105. The van der Waals surface area contributed by atoms with Crippen LogP contribution in [0.3, 0.4) is 0 Å². The van der Waals surface area contributed by atoms with Gasteiger partial charge < -0.3 is 10.5 Å². The second-order valence-electron chi connectivity index (χ2n) is 6.84. The van der Waals surface area contributed by atoms with Gasteiger partial charge in [0, 0.05) is 11.8 Å². The van der Waals surface area contributed by atoms with Gasteiger partial charge in [0.25, 0.3) is 0 Å². The number of benzene rings is 1. The van der Waals surface area contributed by atoms with Gasteiger partial charge in [-0.2, -0.15) is 0 Å². The van der Waals surface area contributed by atoms with E-state index >= 15 is 0 Å². The Morgan fingerprint density at radius 1 is 1.05 bits per heavy atom. The molecule has 0 spiro atoms. The van der Waals surface area contributed by atoms with E-state index in [1.807, 2.05) is 6.07 Å². The van der Waals surface area contributed by atoms with Gasteiger partial charge in [-0.05, 0) is 42.2 Å². The minimum atomic E-state index is 0.242. The Balaban J connectivity index is 2.12. The lowest BCUT2D eigenvalue weighted by Gasteiger charge is -2.26. The number of ether oxygens (including phenoxy) is 1. The van der Waals surface area contributed by atoms with Crippen molar-refractivity contribution in [1.29, 1.82) is 0 Å². The number of anilines is 1. The maximum Gasteiger partial charge on any atom is 0.121 e. The van der Waals surface area contributed by atoms with E-state index in [0.29, 0.717) is 17.8 Å². The van der Waals surface area contributed by atoms with Crippen LogP contribution >= 0.6 is 0 Å². The van der Waals surface area contributed by atoms with E-state index in [1.54, 1.807) is 0 Å². The Bertz CT molecular complexity index is 425. The molecular weight excluding hydrogens is 246 g/mol. The number of hydrogen-bond acceptors (Lipinski definition) is 2. The third-order valence-corrected chi connectivity index (χ3v) is 4.44. The van der Waals surface area contributed by atoms with Crippen molar-refractivity contribution in [3.05, 3.63) is 23.8 Å². The fraction of sp³-hybridized carbons (Fsp3) is 0.667. The predicted octanol–water partition coefficient (Wildman–Crippen LogP) is 4.99. The number of rotatable bonds is 5. The van der Waals surface area contributed by atoms with Gasteiger partial charge in [0.15, 0.2) is 0 Å². The molecule has 0 amide bonds. The Morgan fingerprint density at radius 3 is 2.15 bits per heavy atom. The minimum absolute atomic E-state index is 0.242. The summed E-state index contributed by atoms with van der Waals surface area (Å²) in [7, 11) is 0. The van der Waals surface area contributed by atoms with Gasteiger partial charge in [-0.3, -0.25) is 0 Å². The first-order chi connectivity index (χ1) is 9.49. The van der Waals surface area contributed by atoms with Gasteiger partial charge in [-0.15, -0.1) is 0 Å². The quantitative estimate of drug-likeness (QED) is 0.769. The second-order valence-corrected chi connectivity index (χ2v) is 6.84. The second kappa shape index (κ2) is 6.51. The molecule has 2 nitrogen and oxygen atoms in total. The molecule has 0 saturated heterocycles. The van der Waals surface area contributed by atoms with E-state index in [2.05, 4.69) is 39.8 Å². The van der Waals surface area contributed by atoms with Crippen molar-refractivity contribution in [3.63, 3.8) is 0 Å². The van der Waals surface area contributed by atoms with Crippen LogP contribution in [-0.2, 0) is 0 Å². The first-order valence-corrected chi connectivity index (χ1v) is 8.05. The standard InChI is InChI=1S/C18H29NO/c1-12(2)18(13(3)4)20-15-9-10-16(17(19)11-15)14-7-5-6-8-14/h9-14,18H,5-8,19H2,1-4H3. The number of hydrogen-bond donors (Lipinski definition) is 1. The summed E-state index contributed by atoms with van der Waals surface area (Å²) in [4.78, 5) is 0. The Kier molecular flexibility index (Phi) is 4.95. The van der Waals surface area contributed by atoms with Crippen molar-refractivity contribution in [2.24, 2.45) is 11.8 Å². The van der Waals surface area contributed by atoms with Crippen LogP contribution in [0.1, 0.15) is 64.9 Å². The summed E-state index contributed by atoms with van der Waals surface area (Å²) < 4.78 is 6.16. The van der Waals surface area contributed by atoms with E-state index in [4.69, 9.17) is 10.5 Å². The third kappa shape index (κ3) is 3.47. The van der Waals surface area contributed by atoms with Crippen LogP contribution < -0.4 is 10.5 Å². The molecule has 0 bridgehead atoms. The SMILES string of the molecule is CC(C)C(Oc1ccc(C2CCCC2)c(N)c1)C(C)C. The van der Waals surface area contributed by atoms with E-state index < -0.39 is 0 Å². The topological polar surface area (TPSA) is 35.2 Å². The molecule has 2 heteroatoms. The first kappa shape index (κ1) is 15.2. The Labute approximate surface area is 123 Å². The number of nitrogens with two attached hydrogens (primary N) is 1. The van der Waals surface area contributed by atoms with E-state index in [-0.39, 0.29) is 6.10 Å². The minimum Gasteiger partial charge on any atom is -0.490 e. The van der Waals surface area contributed by atoms with Gasteiger partial charge in [0.1, 0.15) is 11.9 Å². The van der Waals surface area contributed by atoms with Gasteiger partial charge in [-0.1, -0.05) is 46.6 Å². The highest BCUT2D eigenvalue weighted by Crippen LogP contribution is 2.38. The van der Waals surface area contributed by atoms with Crippen LogP contribution in [0.2, 0.25) is 0 Å². The van der Waals surface area contributed by atoms with Crippen molar-refractivity contribution in [1.82, 2.24) is 0 Å². The molecule has 0 radical (unpaired) electrons. The Morgan fingerprint density at radius 2 is 1.65 bits per heavy atom. The third-order valence-electron chi connectivity index (χ3n) is 4.44. The summed E-state index contributed by atoms with van der Waals surface area (Å²) in [5.74, 6) is 2.59. The summed E-state index contributed by atoms with van der Waals surface area (Å²) >= 11 is 0. The van der Waals surface area contributed by atoms with Crippen molar-refractivity contribution >= 4 is 5.69 Å². The van der Waals surface area contributed by atoms with Gasteiger partial charge in [-0.25, -0.2) is 0 Å². The molecule has 0 unspecified atom stereocenters. The highest BCUT2D eigenvalue weighted by atomic mass is 16.5. The zero-order valence-corrected chi connectivity index (χ0v) is 13.4. The molecular formula is C18H29NO. The normalized spacial score (nSPS) is 16.6. The van der Waals surface area contributed by atoms with Crippen molar-refractivity contribution < 1.29 is 4.74 Å². The first-order valence-electron chi connectivity index (χ1n) is 8.05. The largest absolute Gasteiger partial charge is 0.490 e. The van der Waals surface area contributed by atoms with E-state index in [1.165, 1.54) is 31.2 Å². The average molecular weight is 275 g/mol. The van der Waals surface area contributed by atoms with Gasteiger partial charge in [0.05, 0.1) is 0 Å². The molecule has 1 saturated carbocycles. The fourth-order valence-corrected chi connectivity index (χ4v) is 3.43. The monoisotopic (exact) mass is 275 g/mol. The molecule has 1 aliphatic carbocycles. The predicted molar refractivity (Wildman–Crippen MR) is 86.2 cm³/mol. The molecule has 1 aliphatic rings. The molecule has 2 N–H and O–H groups in total. The van der Waals surface area contributed by atoms with Crippen molar-refractivity contribution in [3.8, 4) is 5.75 Å². The molecule has 1 fully saturated rings. The van der Waals surface area contributed by atoms with Crippen LogP contribution in [0, 0.1) is 11.8 Å². The maximum atomic E-state index is 6.25. The molecule has 1 aromatic rings. The lowest BCUT2D eigenvalue weighted by Crippen LogP contribution is -2.28. The van der Waals surface area contributed by atoms with Crippen LogP contribution in [0.4, 0.5) is 5.69 Å². The zero-order chi connectivity index (χ0) is 14.7. The molecule has 112 valence electrons. The molecule has 2 rings (SSSR count).